The Kier molecular flexibility index (Phi) is 4.16. The minimum absolute atomic E-state index is 0.130. The van der Waals surface area contributed by atoms with Crippen LogP contribution >= 0.6 is 0 Å². The highest BCUT2D eigenvalue weighted by atomic mass is 16.3. The van der Waals surface area contributed by atoms with Gasteiger partial charge in [-0.15, -0.1) is 0 Å². The van der Waals surface area contributed by atoms with Gasteiger partial charge in [-0.25, -0.2) is 0 Å². The topological polar surface area (TPSA) is 26.7 Å². The second-order valence-corrected chi connectivity index (χ2v) is 7.40. The standard InChI is InChI=1S/C16H30N2O/c1-17-6-3-7-18(2)15(11-17)16(19)10-14-9-12-4-5-13(14)8-12/h12-16,19H,3-11H2,1-2H3. The number of hydrogen-bond donors (Lipinski definition) is 1. The summed E-state index contributed by atoms with van der Waals surface area (Å²) in [7, 11) is 4.38. The molecule has 0 spiro atoms. The Balaban J connectivity index is 1.57. The van der Waals surface area contributed by atoms with Crippen molar-refractivity contribution in [3.63, 3.8) is 0 Å². The Morgan fingerprint density at radius 3 is 2.68 bits per heavy atom. The molecule has 0 aromatic rings. The average Bonchev–Trinajstić information content (AvgIpc) is 2.93. The van der Waals surface area contributed by atoms with Crippen molar-refractivity contribution < 1.29 is 5.11 Å². The largest absolute Gasteiger partial charge is 0.391 e. The van der Waals surface area contributed by atoms with Gasteiger partial charge in [-0.3, -0.25) is 4.90 Å². The Labute approximate surface area is 118 Å². The van der Waals surface area contributed by atoms with Crippen LogP contribution in [0.1, 0.15) is 38.5 Å². The SMILES string of the molecule is CN1CCCN(C)C(C(O)CC2CC3CCC2C3)C1. The molecule has 3 rings (SSSR count). The fourth-order valence-electron chi connectivity index (χ4n) is 4.85. The molecule has 0 aromatic carbocycles. The molecule has 5 atom stereocenters. The number of nitrogens with zero attached hydrogens (tertiary/aromatic N) is 2. The van der Waals surface area contributed by atoms with Gasteiger partial charge in [0.2, 0.25) is 0 Å². The van der Waals surface area contributed by atoms with Gasteiger partial charge in [-0.05, 0) is 77.0 Å². The highest BCUT2D eigenvalue weighted by Crippen LogP contribution is 2.50. The molecule has 2 bridgehead atoms. The molecule has 19 heavy (non-hydrogen) atoms. The van der Waals surface area contributed by atoms with Crippen LogP contribution in [0, 0.1) is 17.8 Å². The van der Waals surface area contributed by atoms with Crippen molar-refractivity contribution in [2.45, 2.75) is 50.7 Å². The van der Waals surface area contributed by atoms with Crippen molar-refractivity contribution in [2.24, 2.45) is 17.8 Å². The Morgan fingerprint density at radius 1 is 1.16 bits per heavy atom. The van der Waals surface area contributed by atoms with E-state index in [1.807, 2.05) is 0 Å². The lowest BCUT2D eigenvalue weighted by Crippen LogP contribution is -2.47. The Bertz CT molecular complexity index is 309. The van der Waals surface area contributed by atoms with E-state index in [0.29, 0.717) is 6.04 Å². The molecule has 0 radical (unpaired) electrons. The van der Waals surface area contributed by atoms with Crippen LogP contribution in [-0.2, 0) is 0 Å². The van der Waals surface area contributed by atoms with E-state index in [9.17, 15) is 5.11 Å². The molecule has 1 N–H and O–H groups in total. The number of aliphatic hydroxyl groups is 1. The van der Waals surface area contributed by atoms with Gasteiger partial charge >= 0.3 is 0 Å². The second-order valence-electron chi connectivity index (χ2n) is 7.40. The quantitative estimate of drug-likeness (QED) is 0.844. The summed E-state index contributed by atoms with van der Waals surface area (Å²) >= 11 is 0. The maximum Gasteiger partial charge on any atom is 0.0710 e. The third kappa shape index (κ3) is 2.98. The van der Waals surface area contributed by atoms with E-state index in [-0.39, 0.29) is 6.10 Å². The van der Waals surface area contributed by atoms with Crippen LogP contribution in [0.15, 0.2) is 0 Å². The third-order valence-electron chi connectivity index (χ3n) is 5.99. The molecule has 1 aliphatic heterocycles. The molecule has 2 saturated carbocycles. The lowest BCUT2D eigenvalue weighted by atomic mass is 9.83. The van der Waals surface area contributed by atoms with Crippen LogP contribution in [0.4, 0.5) is 0 Å². The highest BCUT2D eigenvalue weighted by molar-refractivity contribution is 4.93. The fourth-order valence-corrected chi connectivity index (χ4v) is 4.85. The molecular weight excluding hydrogens is 236 g/mol. The predicted octanol–water partition coefficient (Wildman–Crippen LogP) is 1.81. The first-order chi connectivity index (χ1) is 9.13. The molecule has 110 valence electrons. The molecule has 1 saturated heterocycles. The molecule has 3 nitrogen and oxygen atoms in total. The average molecular weight is 266 g/mol. The molecule has 2 aliphatic carbocycles. The summed E-state index contributed by atoms with van der Waals surface area (Å²) in [6.07, 6.45) is 7.89. The monoisotopic (exact) mass is 266 g/mol. The van der Waals surface area contributed by atoms with Crippen LogP contribution in [0.3, 0.4) is 0 Å². The molecule has 3 fully saturated rings. The van der Waals surface area contributed by atoms with Crippen molar-refractivity contribution in [2.75, 3.05) is 33.7 Å². The molecule has 0 aromatic heterocycles. The van der Waals surface area contributed by atoms with E-state index < -0.39 is 0 Å². The van der Waals surface area contributed by atoms with Gasteiger partial charge in [0.1, 0.15) is 0 Å². The van der Waals surface area contributed by atoms with Crippen molar-refractivity contribution in [1.82, 2.24) is 9.80 Å². The molecule has 1 heterocycles. The summed E-state index contributed by atoms with van der Waals surface area (Å²) in [6.45, 7) is 3.32. The van der Waals surface area contributed by atoms with Crippen LogP contribution in [0.5, 0.6) is 0 Å². The van der Waals surface area contributed by atoms with E-state index in [4.69, 9.17) is 0 Å². The van der Waals surface area contributed by atoms with Crippen molar-refractivity contribution in [3.05, 3.63) is 0 Å². The van der Waals surface area contributed by atoms with Gasteiger partial charge in [-0.2, -0.15) is 0 Å². The van der Waals surface area contributed by atoms with E-state index in [1.165, 1.54) is 38.6 Å². The van der Waals surface area contributed by atoms with Crippen molar-refractivity contribution in [1.29, 1.82) is 0 Å². The lowest BCUT2D eigenvalue weighted by Gasteiger charge is -2.34. The van der Waals surface area contributed by atoms with Gasteiger partial charge in [0, 0.05) is 12.6 Å². The number of rotatable bonds is 3. The number of aliphatic hydroxyl groups excluding tert-OH is 1. The van der Waals surface area contributed by atoms with Crippen LogP contribution in [-0.4, -0.2) is 60.8 Å². The number of likely N-dealkylation sites (N-methyl/N-ethyl adjacent to an activating group) is 2. The van der Waals surface area contributed by atoms with Crippen LogP contribution in [0.25, 0.3) is 0 Å². The molecule has 3 heteroatoms. The summed E-state index contributed by atoms with van der Waals surface area (Å²) in [5.41, 5.74) is 0. The third-order valence-corrected chi connectivity index (χ3v) is 5.99. The van der Waals surface area contributed by atoms with Gasteiger partial charge in [0.05, 0.1) is 6.10 Å². The van der Waals surface area contributed by atoms with Gasteiger partial charge in [-0.1, -0.05) is 6.42 Å². The second kappa shape index (κ2) is 5.71. The first kappa shape index (κ1) is 13.8. The van der Waals surface area contributed by atoms with Gasteiger partial charge in [0.15, 0.2) is 0 Å². The summed E-state index contributed by atoms with van der Waals surface area (Å²) in [6, 6.07) is 0.339. The summed E-state index contributed by atoms with van der Waals surface area (Å²) in [5, 5.41) is 10.7. The van der Waals surface area contributed by atoms with Crippen molar-refractivity contribution in [3.8, 4) is 0 Å². The van der Waals surface area contributed by atoms with E-state index in [0.717, 1.165) is 37.3 Å². The zero-order chi connectivity index (χ0) is 13.4. The van der Waals surface area contributed by atoms with Gasteiger partial charge in [0.25, 0.3) is 0 Å². The van der Waals surface area contributed by atoms with Gasteiger partial charge < -0.3 is 10.0 Å². The van der Waals surface area contributed by atoms with E-state index in [2.05, 4.69) is 23.9 Å². The smallest absolute Gasteiger partial charge is 0.0710 e. The molecule has 0 amide bonds. The minimum Gasteiger partial charge on any atom is -0.391 e. The summed E-state index contributed by atoms with van der Waals surface area (Å²) in [4.78, 5) is 4.78. The molecular formula is C16H30N2O. The first-order valence-corrected chi connectivity index (χ1v) is 8.20. The van der Waals surface area contributed by atoms with E-state index >= 15 is 0 Å². The predicted molar refractivity (Wildman–Crippen MR) is 78.1 cm³/mol. The first-order valence-electron chi connectivity index (χ1n) is 8.20. The zero-order valence-electron chi connectivity index (χ0n) is 12.6. The number of hydrogen-bond acceptors (Lipinski definition) is 3. The van der Waals surface area contributed by atoms with Crippen LogP contribution in [0.2, 0.25) is 0 Å². The molecule has 5 unspecified atom stereocenters. The lowest BCUT2D eigenvalue weighted by molar-refractivity contribution is 0.0335. The highest BCUT2D eigenvalue weighted by Gasteiger charge is 2.41. The zero-order valence-corrected chi connectivity index (χ0v) is 12.6. The summed E-state index contributed by atoms with van der Waals surface area (Å²) < 4.78 is 0. The van der Waals surface area contributed by atoms with Crippen LogP contribution < -0.4 is 0 Å². The Morgan fingerprint density at radius 2 is 2.00 bits per heavy atom. The number of fused-ring (bicyclic) bond motifs is 2. The van der Waals surface area contributed by atoms with Crippen molar-refractivity contribution >= 4 is 0 Å². The normalized spacial score (nSPS) is 42.5. The van der Waals surface area contributed by atoms with E-state index in [1.54, 1.807) is 0 Å². The fraction of sp³-hybridized carbons (Fsp3) is 1.00. The summed E-state index contributed by atoms with van der Waals surface area (Å²) in [5.74, 6) is 2.75. The maximum atomic E-state index is 10.7. The maximum absolute atomic E-state index is 10.7. The molecule has 3 aliphatic rings. The minimum atomic E-state index is -0.130. The Hall–Kier alpha value is -0.120.